The molecule has 2 aliphatic rings. The molecule has 0 spiro atoms. The quantitative estimate of drug-likeness (QED) is 0.513. The third kappa shape index (κ3) is 3.80. The molecule has 2 atom stereocenters. The number of amides is 2. The Morgan fingerprint density at radius 1 is 1.30 bits per heavy atom. The van der Waals surface area contributed by atoms with E-state index in [0.717, 1.165) is 15.0 Å². The van der Waals surface area contributed by atoms with Crippen molar-refractivity contribution in [3.8, 4) is 0 Å². The summed E-state index contributed by atoms with van der Waals surface area (Å²) in [5.41, 5.74) is 0.197. The Morgan fingerprint density at radius 2 is 2.07 bits per heavy atom. The van der Waals surface area contributed by atoms with E-state index in [2.05, 4.69) is 5.32 Å². The Morgan fingerprint density at radius 3 is 2.77 bits per heavy atom. The molecule has 2 unspecified atom stereocenters. The SMILES string of the molecule is CC(=O)OCC1=C(C(=O)O)N2C(=O)C(NC(=O)Cc3cc4ccccc4s3)C2SC1. The van der Waals surface area contributed by atoms with Crippen molar-refractivity contribution in [2.75, 3.05) is 12.4 Å². The molecule has 2 aliphatic heterocycles. The van der Waals surface area contributed by atoms with Gasteiger partial charge in [-0.15, -0.1) is 23.1 Å². The van der Waals surface area contributed by atoms with Gasteiger partial charge in [-0.25, -0.2) is 4.79 Å². The number of thiophene rings is 1. The largest absolute Gasteiger partial charge is 0.477 e. The molecule has 0 radical (unpaired) electrons. The molecule has 1 saturated heterocycles. The van der Waals surface area contributed by atoms with Crippen LogP contribution in [0.3, 0.4) is 0 Å². The van der Waals surface area contributed by atoms with Crippen molar-refractivity contribution in [3.63, 3.8) is 0 Å². The van der Waals surface area contributed by atoms with Gasteiger partial charge < -0.3 is 15.2 Å². The number of benzene rings is 1. The van der Waals surface area contributed by atoms with Crippen LogP contribution in [0.2, 0.25) is 0 Å². The Labute approximate surface area is 179 Å². The summed E-state index contributed by atoms with van der Waals surface area (Å²) in [4.78, 5) is 49.9. The number of aliphatic carboxylic acids is 1. The van der Waals surface area contributed by atoms with Crippen molar-refractivity contribution >= 4 is 56.9 Å². The monoisotopic (exact) mass is 446 g/mol. The van der Waals surface area contributed by atoms with E-state index in [1.54, 1.807) is 0 Å². The van der Waals surface area contributed by atoms with Gasteiger partial charge in [0.15, 0.2) is 0 Å². The Kier molecular flexibility index (Phi) is 5.52. The van der Waals surface area contributed by atoms with Gasteiger partial charge in [-0.05, 0) is 17.5 Å². The third-order valence-electron chi connectivity index (χ3n) is 4.83. The molecule has 0 saturated carbocycles. The van der Waals surface area contributed by atoms with E-state index in [0.29, 0.717) is 11.3 Å². The van der Waals surface area contributed by atoms with Crippen molar-refractivity contribution < 1.29 is 29.0 Å². The Hall–Kier alpha value is -2.85. The lowest BCUT2D eigenvalue weighted by Gasteiger charge is -2.49. The molecule has 0 aliphatic carbocycles. The Balaban J connectivity index is 1.44. The number of carboxylic acids is 1. The summed E-state index contributed by atoms with van der Waals surface area (Å²) in [6, 6.07) is 9.02. The number of carbonyl (C=O) groups is 4. The number of thioether (sulfide) groups is 1. The lowest BCUT2D eigenvalue weighted by atomic mass is 10.0. The van der Waals surface area contributed by atoms with Gasteiger partial charge in [0, 0.05) is 27.8 Å². The average Bonchev–Trinajstić information content (AvgIpc) is 3.11. The molecule has 1 fully saturated rings. The summed E-state index contributed by atoms with van der Waals surface area (Å²) in [6.07, 6.45) is 0.153. The minimum atomic E-state index is -1.26. The first-order chi connectivity index (χ1) is 14.3. The van der Waals surface area contributed by atoms with E-state index < -0.39 is 29.3 Å². The summed E-state index contributed by atoms with van der Waals surface area (Å²) in [5.74, 6) is -2.25. The van der Waals surface area contributed by atoms with Crippen LogP contribution in [0.15, 0.2) is 41.6 Å². The highest BCUT2D eigenvalue weighted by Crippen LogP contribution is 2.40. The van der Waals surface area contributed by atoms with Gasteiger partial charge in [-0.2, -0.15) is 0 Å². The predicted octanol–water partition coefficient (Wildman–Crippen LogP) is 1.75. The summed E-state index contributed by atoms with van der Waals surface area (Å²) in [7, 11) is 0. The van der Waals surface area contributed by atoms with Crippen LogP contribution in [0.1, 0.15) is 11.8 Å². The molecular weight excluding hydrogens is 428 g/mol. The fourth-order valence-electron chi connectivity index (χ4n) is 3.49. The van der Waals surface area contributed by atoms with Gasteiger partial charge in [0.1, 0.15) is 23.7 Å². The maximum atomic E-state index is 12.6. The molecule has 4 rings (SSSR count). The summed E-state index contributed by atoms with van der Waals surface area (Å²) >= 11 is 2.86. The highest BCUT2D eigenvalue weighted by Gasteiger charge is 2.54. The molecule has 30 heavy (non-hydrogen) atoms. The number of nitrogens with zero attached hydrogens (tertiary/aromatic N) is 1. The zero-order valence-electron chi connectivity index (χ0n) is 15.9. The highest BCUT2D eigenvalue weighted by atomic mass is 32.2. The van der Waals surface area contributed by atoms with Gasteiger partial charge in [-0.3, -0.25) is 19.3 Å². The summed E-state index contributed by atoms with van der Waals surface area (Å²) in [6.45, 7) is 1.06. The molecule has 8 nitrogen and oxygen atoms in total. The van der Waals surface area contributed by atoms with E-state index in [1.807, 2.05) is 30.3 Å². The van der Waals surface area contributed by atoms with Crippen LogP contribution in [-0.2, 0) is 30.3 Å². The first-order valence-corrected chi connectivity index (χ1v) is 11.0. The van der Waals surface area contributed by atoms with Crippen molar-refractivity contribution in [3.05, 3.63) is 46.5 Å². The van der Waals surface area contributed by atoms with E-state index >= 15 is 0 Å². The van der Waals surface area contributed by atoms with Crippen LogP contribution in [0.4, 0.5) is 0 Å². The zero-order valence-corrected chi connectivity index (χ0v) is 17.5. The van der Waals surface area contributed by atoms with Gasteiger partial charge >= 0.3 is 11.9 Å². The van der Waals surface area contributed by atoms with Crippen molar-refractivity contribution in [1.29, 1.82) is 0 Å². The second-order valence-corrected chi connectivity index (χ2v) is 9.19. The van der Waals surface area contributed by atoms with E-state index in [1.165, 1.54) is 34.9 Å². The number of β-lactam (4-membered cyclic amide) rings is 1. The summed E-state index contributed by atoms with van der Waals surface area (Å²) < 4.78 is 6.00. The molecule has 1 aromatic carbocycles. The fraction of sp³-hybridized carbons (Fsp3) is 0.300. The number of ether oxygens (including phenoxy) is 1. The van der Waals surface area contributed by atoms with Crippen LogP contribution < -0.4 is 5.32 Å². The van der Waals surface area contributed by atoms with Crippen molar-refractivity contribution in [1.82, 2.24) is 10.2 Å². The second kappa shape index (κ2) is 8.11. The first kappa shape index (κ1) is 20.4. The molecule has 1 aromatic heterocycles. The topological polar surface area (TPSA) is 113 Å². The number of rotatable bonds is 6. The predicted molar refractivity (Wildman–Crippen MR) is 112 cm³/mol. The summed E-state index contributed by atoms with van der Waals surface area (Å²) in [5, 5.41) is 12.9. The van der Waals surface area contributed by atoms with E-state index in [9.17, 15) is 24.3 Å². The fourth-order valence-corrected chi connectivity index (χ4v) is 5.88. The maximum Gasteiger partial charge on any atom is 0.352 e. The van der Waals surface area contributed by atoms with Gasteiger partial charge in [0.25, 0.3) is 5.91 Å². The van der Waals surface area contributed by atoms with Crippen LogP contribution >= 0.6 is 23.1 Å². The number of carbonyl (C=O) groups excluding carboxylic acids is 3. The van der Waals surface area contributed by atoms with Crippen molar-refractivity contribution in [2.24, 2.45) is 0 Å². The molecule has 156 valence electrons. The molecule has 10 heteroatoms. The number of esters is 1. The minimum Gasteiger partial charge on any atom is -0.477 e. The lowest BCUT2D eigenvalue weighted by molar-refractivity contribution is -0.151. The molecule has 2 N–H and O–H groups in total. The molecule has 2 amide bonds. The number of nitrogens with one attached hydrogen (secondary N) is 1. The minimum absolute atomic E-state index is 0.153. The second-order valence-electron chi connectivity index (χ2n) is 6.92. The molecule has 3 heterocycles. The average molecular weight is 447 g/mol. The standard InChI is InChI=1S/C20H18N2O6S2/c1-10(23)28-8-12-9-29-19-16(18(25)22(19)17(12)20(26)27)21-15(24)7-13-6-11-4-2-3-5-14(11)30-13/h2-6,16,19H,7-9H2,1H3,(H,21,24)(H,26,27). The third-order valence-corrected chi connectivity index (χ3v) is 7.28. The highest BCUT2D eigenvalue weighted by molar-refractivity contribution is 8.00. The first-order valence-electron chi connectivity index (χ1n) is 9.15. The van der Waals surface area contributed by atoms with E-state index in [-0.39, 0.29) is 24.6 Å². The zero-order chi connectivity index (χ0) is 21.4. The number of fused-ring (bicyclic) bond motifs is 2. The lowest BCUT2D eigenvalue weighted by Crippen LogP contribution is -2.70. The molecule has 2 aromatic rings. The van der Waals surface area contributed by atoms with Crippen LogP contribution in [0.5, 0.6) is 0 Å². The van der Waals surface area contributed by atoms with Gasteiger partial charge in [0.05, 0.1) is 6.42 Å². The van der Waals surface area contributed by atoms with Crippen molar-refractivity contribution in [2.45, 2.75) is 24.8 Å². The van der Waals surface area contributed by atoms with Crippen LogP contribution in [0.25, 0.3) is 10.1 Å². The van der Waals surface area contributed by atoms with Crippen LogP contribution in [0, 0.1) is 0 Å². The van der Waals surface area contributed by atoms with Gasteiger partial charge in [-0.1, -0.05) is 18.2 Å². The Bertz CT molecular complexity index is 1060. The van der Waals surface area contributed by atoms with Gasteiger partial charge in [0.2, 0.25) is 5.91 Å². The maximum absolute atomic E-state index is 12.6. The van der Waals surface area contributed by atoms with Crippen LogP contribution in [-0.4, -0.2) is 57.5 Å². The number of hydrogen-bond acceptors (Lipinski definition) is 7. The molecule has 0 bridgehead atoms. The normalized spacial score (nSPS) is 20.6. The molecular formula is C20H18N2O6S2. The number of hydrogen-bond donors (Lipinski definition) is 2. The number of carboxylic acid groups (broad SMARTS) is 1. The smallest absolute Gasteiger partial charge is 0.352 e. The van der Waals surface area contributed by atoms with E-state index in [4.69, 9.17) is 4.74 Å².